The Bertz CT molecular complexity index is 1230. The first kappa shape index (κ1) is 20.0. The Morgan fingerprint density at radius 1 is 1.13 bits per heavy atom. The van der Waals surface area contributed by atoms with Crippen molar-refractivity contribution in [3.8, 4) is 5.69 Å². The molecule has 0 saturated carbocycles. The van der Waals surface area contributed by atoms with E-state index in [0.29, 0.717) is 16.2 Å². The van der Waals surface area contributed by atoms with E-state index in [1.54, 1.807) is 53.2 Å². The first-order chi connectivity index (χ1) is 14.4. The van der Waals surface area contributed by atoms with Gasteiger partial charge in [-0.15, -0.1) is 0 Å². The van der Waals surface area contributed by atoms with E-state index < -0.39 is 12.5 Å². The first-order valence-corrected chi connectivity index (χ1v) is 9.48. The van der Waals surface area contributed by atoms with E-state index in [-0.39, 0.29) is 23.5 Å². The topological polar surface area (TPSA) is 61.9 Å². The normalized spacial score (nSPS) is 11.4. The van der Waals surface area contributed by atoms with Gasteiger partial charge in [0, 0.05) is 0 Å². The van der Waals surface area contributed by atoms with E-state index in [0.717, 1.165) is 15.9 Å². The van der Waals surface area contributed by atoms with E-state index in [9.17, 15) is 13.6 Å². The van der Waals surface area contributed by atoms with Gasteiger partial charge in [0.2, 0.25) is 0 Å². The molecule has 0 saturated heterocycles. The van der Waals surface area contributed by atoms with Gasteiger partial charge in [-0.1, -0.05) is 23.7 Å². The zero-order valence-electron chi connectivity index (χ0n) is 16.1. The highest BCUT2D eigenvalue weighted by atomic mass is 35.5. The monoisotopic (exact) mass is 430 g/mol. The Hall–Kier alpha value is -3.26. The molecule has 0 unspecified atom stereocenters. The molecule has 0 atom stereocenters. The van der Waals surface area contributed by atoms with Crippen LogP contribution in [0.15, 0.2) is 48.5 Å². The number of aryl methyl sites for hydroxylation is 1. The summed E-state index contributed by atoms with van der Waals surface area (Å²) in [5.74, 6) is -0.658. The molecule has 2 aromatic heterocycles. The summed E-state index contributed by atoms with van der Waals surface area (Å²) in [7, 11) is 0. The fourth-order valence-corrected chi connectivity index (χ4v) is 3.36. The number of halogens is 3. The number of hydrogen-bond donors (Lipinski definition) is 0. The summed E-state index contributed by atoms with van der Waals surface area (Å²) in [4.78, 5) is 16.6. The second kappa shape index (κ2) is 7.87. The number of imidazole rings is 1. The van der Waals surface area contributed by atoms with Gasteiger partial charge in [-0.25, -0.2) is 14.5 Å². The van der Waals surface area contributed by atoms with Crippen LogP contribution in [-0.2, 0) is 11.3 Å². The maximum absolute atomic E-state index is 13.5. The second-order valence-electron chi connectivity index (χ2n) is 6.68. The van der Waals surface area contributed by atoms with Crippen molar-refractivity contribution in [3.05, 3.63) is 76.3 Å². The highest BCUT2D eigenvalue weighted by molar-refractivity contribution is 6.31. The van der Waals surface area contributed by atoms with Gasteiger partial charge < -0.3 is 4.74 Å². The number of carbonyl (C=O) groups is 1. The van der Waals surface area contributed by atoms with Crippen molar-refractivity contribution in [1.29, 1.82) is 0 Å². The van der Waals surface area contributed by atoms with Gasteiger partial charge in [-0.05, 0) is 50.2 Å². The number of para-hydroxylation sites is 2. The van der Waals surface area contributed by atoms with Crippen molar-refractivity contribution in [3.63, 3.8) is 0 Å². The molecule has 0 bridgehead atoms. The van der Waals surface area contributed by atoms with Gasteiger partial charge in [-0.2, -0.15) is 13.9 Å². The molecule has 0 aliphatic rings. The lowest BCUT2D eigenvalue weighted by Gasteiger charge is -2.09. The summed E-state index contributed by atoms with van der Waals surface area (Å²) in [5, 5.41) is 4.95. The molecule has 0 N–H and O–H groups in total. The van der Waals surface area contributed by atoms with Crippen molar-refractivity contribution in [2.24, 2.45) is 0 Å². The van der Waals surface area contributed by atoms with Crippen molar-refractivity contribution >= 4 is 28.6 Å². The van der Waals surface area contributed by atoms with Crippen LogP contribution < -0.4 is 0 Å². The van der Waals surface area contributed by atoms with Gasteiger partial charge in [0.05, 0.1) is 38.7 Å². The van der Waals surface area contributed by atoms with Crippen LogP contribution in [0.3, 0.4) is 0 Å². The fraction of sp³-hybridized carbons (Fsp3) is 0.190. The van der Waals surface area contributed by atoms with Crippen molar-refractivity contribution in [1.82, 2.24) is 19.3 Å². The van der Waals surface area contributed by atoms with Crippen LogP contribution in [0.4, 0.5) is 8.78 Å². The number of esters is 1. The molecule has 0 amide bonds. The average Bonchev–Trinajstić information content (AvgIpc) is 3.24. The Morgan fingerprint density at radius 3 is 2.47 bits per heavy atom. The fourth-order valence-electron chi connectivity index (χ4n) is 3.24. The maximum Gasteiger partial charge on any atom is 0.338 e. The lowest BCUT2D eigenvalue weighted by Crippen LogP contribution is -2.11. The minimum atomic E-state index is -2.79. The van der Waals surface area contributed by atoms with E-state index in [1.807, 2.05) is 13.8 Å². The van der Waals surface area contributed by atoms with E-state index in [1.165, 1.54) is 0 Å². The molecule has 2 heterocycles. The molecule has 9 heteroatoms. The lowest BCUT2D eigenvalue weighted by molar-refractivity contribution is 0.0387. The molecule has 4 aromatic rings. The number of rotatable bonds is 5. The van der Waals surface area contributed by atoms with Gasteiger partial charge in [0.1, 0.15) is 6.61 Å². The summed E-state index contributed by atoms with van der Waals surface area (Å²) in [6.07, 6.45) is 0. The Kier molecular flexibility index (Phi) is 5.26. The average molecular weight is 431 g/mol. The maximum atomic E-state index is 13.5. The predicted molar refractivity (Wildman–Crippen MR) is 108 cm³/mol. The minimum absolute atomic E-state index is 0.0200. The number of ether oxygens (including phenoxy) is 1. The van der Waals surface area contributed by atoms with E-state index in [4.69, 9.17) is 16.3 Å². The van der Waals surface area contributed by atoms with Crippen LogP contribution in [0.25, 0.3) is 16.7 Å². The third-order valence-corrected chi connectivity index (χ3v) is 5.29. The molecule has 0 fully saturated rings. The van der Waals surface area contributed by atoms with Gasteiger partial charge in [0.25, 0.3) is 0 Å². The zero-order valence-corrected chi connectivity index (χ0v) is 16.9. The molecule has 154 valence electrons. The number of aromatic nitrogens is 4. The first-order valence-electron chi connectivity index (χ1n) is 9.10. The van der Waals surface area contributed by atoms with Crippen LogP contribution in [0.1, 0.15) is 34.1 Å². The largest absolute Gasteiger partial charge is 0.454 e. The highest BCUT2D eigenvalue weighted by Gasteiger charge is 2.19. The standard InChI is InChI=1S/C21H17ClF2N4O2/c1-12-19(22)13(2)28(26-12)15-9-7-14(8-10-15)20(29)30-11-18-25-16-5-3-4-6-17(16)27(18)21(23)24/h3-10,21H,11H2,1-2H3. The molecule has 2 aromatic carbocycles. The van der Waals surface area contributed by atoms with Crippen molar-refractivity contribution in [2.45, 2.75) is 27.0 Å². The quantitative estimate of drug-likeness (QED) is 0.406. The Morgan fingerprint density at radius 2 is 1.83 bits per heavy atom. The third-order valence-electron chi connectivity index (χ3n) is 4.75. The minimum Gasteiger partial charge on any atom is -0.454 e. The summed E-state index contributed by atoms with van der Waals surface area (Å²) in [6.45, 7) is 0.495. The Balaban J connectivity index is 1.52. The van der Waals surface area contributed by atoms with Crippen LogP contribution in [-0.4, -0.2) is 25.3 Å². The van der Waals surface area contributed by atoms with Crippen molar-refractivity contribution < 1.29 is 18.3 Å². The van der Waals surface area contributed by atoms with Crippen LogP contribution in [0.5, 0.6) is 0 Å². The van der Waals surface area contributed by atoms with E-state index >= 15 is 0 Å². The second-order valence-corrected chi connectivity index (χ2v) is 7.06. The number of hydrogen-bond acceptors (Lipinski definition) is 4. The SMILES string of the molecule is Cc1nn(-c2ccc(C(=O)OCc3nc4ccccc4n3C(F)F)cc2)c(C)c1Cl. The molecular formula is C21H17ClF2N4O2. The molecular weight excluding hydrogens is 414 g/mol. The third kappa shape index (κ3) is 3.54. The van der Waals surface area contributed by atoms with E-state index in [2.05, 4.69) is 10.1 Å². The highest BCUT2D eigenvalue weighted by Crippen LogP contribution is 2.24. The smallest absolute Gasteiger partial charge is 0.338 e. The van der Waals surface area contributed by atoms with Crippen LogP contribution in [0.2, 0.25) is 5.02 Å². The molecule has 4 rings (SSSR count). The van der Waals surface area contributed by atoms with Crippen LogP contribution in [0, 0.1) is 13.8 Å². The van der Waals surface area contributed by atoms with Crippen molar-refractivity contribution in [2.75, 3.05) is 0 Å². The van der Waals surface area contributed by atoms with Crippen LogP contribution >= 0.6 is 11.6 Å². The number of alkyl halides is 2. The molecule has 6 nitrogen and oxygen atoms in total. The lowest BCUT2D eigenvalue weighted by atomic mass is 10.2. The molecule has 30 heavy (non-hydrogen) atoms. The number of fused-ring (bicyclic) bond motifs is 1. The summed E-state index contributed by atoms with van der Waals surface area (Å²) < 4.78 is 34.6. The molecule has 0 radical (unpaired) electrons. The number of carbonyl (C=O) groups excluding carboxylic acids is 1. The Labute approximate surface area is 175 Å². The summed E-state index contributed by atoms with van der Waals surface area (Å²) in [6, 6.07) is 13.1. The number of benzene rings is 2. The van der Waals surface area contributed by atoms with Gasteiger partial charge >= 0.3 is 12.5 Å². The molecule has 0 aliphatic carbocycles. The molecule has 0 spiro atoms. The summed E-state index contributed by atoms with van der Waals surface area (Å²) in [5.41, 5.74) is 3.21. The number of nitrogens with zero attached hydrogens (tertiary/aromatic N) is 4. The van der Waals surface area contributed by atoms with Gasteiger partial charge in [0.15, 0.2) is 5.82 Å². The summed E-state index contributed by atoms with van der Waals surface area (Å²) >= 11 is 6.17. The molecule has 0 aliphatic heterocycles. The zero-order chi connectivity index (χ0) is 21.4. The predicted octanol–water partition coefficient (Wildman–Crippen LogP) is 5.24. The van der Waals surface area contributed by atoms with Gasteiger partial charge in [-0.3, -0.25) is 4.57 Å².